The van der Waals surface area contributed by atoms with Gasteiger partial charge in [-0.25, -0.2) is 4.98 Å². The number of nitrogens with zero attached hydrogens (tertiary/aromatic N) is 3. The molecular formula is C15H26N4. The first-order chi connectivity index (χ1) is 9.17. The third kappa shape index (κ3) is 3.67. The van der Waals surface area contributed by atoms with Crippen LogP contribution in [0.3, 0.4) is 0 Å². The summed E-state index contributed by atoms with van der Waals surface area (Å²) >= 11 is 0. The van der Waals surface area contributed by atoms with Crippen molar-refractivity contribution in [2.75, 3.05) is 44.2 Å². The standard InChI is InChI=1S/C15H26N4/c1-3-15(2,12-16)13-18-8-10-19(11-9-18)14-6-4-5-7-17-14/h4-7H,3,8-13,16H2,1-2H3. The fourth-order valence-electron chi connectivity index (χ4n) is 2.54. The second-order valence-corrected chi connectivity index (χ2v) is 5.82. The minimum Gasteiger partial charge on any atom is -0.354 e. The van der Waals surface area contributed by atoms with E-state index in [1.54, 1.807) is 0 Å². The number of aromatic nitrogens is 1. The Bertz CT molecular complexity index is 367. The molecule has 1 aromatic rings. The first-order valence-electron chi connectivity index (χ1n) is 7.25. The van der Waals surface area contributed by atoms with Gasteiger partial charge in [-0.2, -0.15) is 0 Å². The molecule has 0 radical (unpaired) electrons. The van der Waals surface area contributed by atoms with Gasteiger partial charge in [-0.3, -0.25) is 4.90 Å². The third-order valence-corrected chi connectivity index (χ3v) is 4.30. The average Bonchev–Trinajstić information content (AvgIpc) is 2.49. The minimum absolute atomic E-state index is 0.257. The highest BCUT2D eigenvalue weighted by Crippen LogP contribution is 2.22. The summed E-state index contributed by atoms with van der Waals surface area (Å²) in [5.74, 6) is 1.10. The lowest BCUT2D eigenvalue weighted by Crippen LogP contribution is -2.50. The number of pyridine rings is 1. The summed E-state index contributed by atoms with van der Waals surface area (Å²) in [6, 6.07) is 6.11. The van der Waals surface area contributed by atoms with Crippen LogP contribution in [-0.4, -0.2) is 49.2 Å². The summed E-state index contributed by atoms with van der Waals surface area (Å²) in [7, 11) is 0. The lowest BCUT2D eigenvalue weighted by molar-refractivity contribution is 0.157. The quantitative estimate of drug-likeness (QED) is 0.875. The van der Waals surface area contributed by atoms with Gasteiger partial charge in [-0.05, 0) is 30.5 Å². The maximum absolute atomic E-state index is 5.91. The van der Waals surface area contributed by atoms with Crippen LogP contribution in [0.2, 0.25) is 0 Å². The molecule has 0 amide bonds. The normalized spacial score (nSPS) is 20.3. The molecule has 1 atom stereocenters. The summed E-state index contributed by atoms with van der Waals surface area (Å²) in [6.07, 6.45) is 3.01. The van der Waals surface area contributed by atoms with Crippen molar-refractivity contribution in [1.29, 1.82) is 0 Å². The molecule has 2 N–H and O–H groups in total. The van der Waals surface area contributed by atoms with Crippen LogP contribution in [0.15, 0.2) is 24.4 Å². The Morgan fingerprint density at radius 3 is 2.53 bits per heavy atom. The van der Waals surface area contributed by atoms with E-state index in [2.05, 4.69) is 40.8 Å². The zero-order chi connectivity index (χ0) is 13.7. The lowest BCUT2D eigenvalue weighted by Gasteiger charge is -2.40. The van der Waals surface area contributed by atoms with Crippen molar-refractivity contribution in [1.82, 2.24) is 9.88 Å². The highest BCUT2D eigenvalue weighted by molar-refractivity contribution is 5.38. The number of anilines is 1. The molecule has 2 rings (SSSR count). The molecule has 0 bridgehead atoms. The molecule has 4 heteroatoms. The van der Waals surface area contributed by atoms with Crippen LogP contribution in [0.4, 0.5) is 5.82 Å². The van der Waals surface area contributed by atoms with Crippen LogP contribution in [-0.2, 0) is 0 Å². The van der Waals surface area contributed by atoms with Crippen molar-refractivity contribution >= 4 is 5.82 Å². The van der Waals surface area contributed by atoms with E-state index in [-0.39, 0.29) is 5.41 Å². The van der Waals surface area contributed by atoms with Crippen molar-refractivity contribution in [2.45, 2.75) is 20.3 Å². The van der Waals surface area contributed by atoms with Gasteiger partial charge in [-0.15, -0.1) is 0 Å². The van der Waals surface area contributed by atoms with E-state index in [0.29, 0.717) is 0 Å². The molecule has 0 aliphatic carbocycles. The molecule has 2 heterocycles. The molecule has 4 nitrogen and oxygen atoms in total. The fraction of sp³-hybridized carbons (Fsp3) is 0.667. The van der Waals surface area contributed by atoms with E-state index in [1.807, 2.05) is 12.3 Å². The highest BCUT2D eigenvalue weighted by atomic mass is 15.3. The van der Waals surface area contributed by atoms with Crippen LogP contribution in [0.1, 0.15) is 20.3 Å². The fourth-order valence-corrected chi connectivity index (χ4v) is 2.54. The largest absolute Gasteiger partial charge is 0.354 e. The molecule has 0 saturated carbocycles. The molecule has 1 aliphatic rings. The van der Waals surface area contributed by atoms with Crippen molar-refractivity contribution in [3.8, 4) is 0 Å². The maximum atomic E-state index is 5.91. The highest BCUT2D eigenvalue weighted by Gasteiger charge is 2.26. The van der Waals surface area contributed by atoms with Crippen molar-refractivity contribution < 1.29 is 0 Å². The van der Waals surface area contributed by atoms with Crippen LogP contribution in [0.5, 0.6) is 0 Å². The van der Waals surface area contributed by atoms with E-state index in [1.165, 1.54) is 0 Å². The third-order valence-electron chi connectivity index (χ3n) is 4.30. The van der Waals surface area contributed by atoms with Gasteiger partial charge in [-0.1, -0.05) is 19.9 Å². The van der Waals surface area contributed by atoms with Crippen molar-refractivity contribution in [3.63, 3.8) is 0 Å². The molecule has 19 heavy (non-hydrogen) atoms. The molecule has 106 valence electrons. The van der Waals surface area contributed by atoms with Gasteiger partial charge in [0.05, 0.1) is 0 Å². The van der Waals surface area contributed by atoms with Gasteiger partial charge >= 0.3 is 0 Å². The second kappa shape index (κ2) is 6.35. The zero-order valence-corrected chi connectivity index (χ0v) is 12.2. The number of rotatable bonds is 5. The van der Waals surface area contributed by atoms with E-state index in [9.17, 15) is 0 Å². The van der Waals surface area contributed by atoms with E-state index < -0.39 is 0 Å². The Kier molecular flexibility index (Phi) is 4.77. The molecule has 1 aromatic heterocycles. The van der Waals surface area contributed by atoms with Crippen LogP contribution < -0.4 is 10.6 Å². The average molecular weight is 262 g/mol. The maximum Gasteiger partial charge on any atom is 0.128 e. The summed E-state index contributed by atoms with van der Waals surface area (Å²) in [4.78, 5) is 9.32. The number of piperazine rings is 1. The summed E-state index contributed by atoms with van der Waals surface area (Å²) in [5, 5.41) is 0. The summed E-state index contributed by atoms with van der Waals surface area (Å²) < 4.78 is 0. The zero-order valence-electron chi connectivity index (χ0n) is 12.2. The Morgan fingerprint density at radius 2 is 2.00 bits per heavy atom. The number of hydrogen-bond donors (Lipinski definition) is 1. The topological polar surface area (TPSA) is 45.4 Å². The number of hydrogen-bond acceptors (Lipinski definition) is 4. The van der Waals surface area contributed by atoms with E-state index in [0.717, 1.165) is 51.5 Å². The van der Waals surface area contributed by atoms with Gasteiger partial charge < -0.3 is 10.6 Å². The van der Waals surface area contributed by atoms with E-state index in [4.69, 9.17) is 5.73 Å². The predicted octanol–water partition coefficient (Wildman–Crippen LogP) is 1.58. The van der Waals surface area contributed by atoms with E-state index >= 15 is 0 Å². The molecule has 1 unspecified atom stereocenters. The van der Waals surface area contributed by atoms with Crippen LogP contribution in [0.25, 0.3) is 0 Å². The minimum atomic E-state index is 0.257. The van der Waals surface area contributed by atoms with Gasteiger partial charge in [0.2, 0.25) is 0 Å². The molecular weight excluding hydrogens is 236 g/mol. The van der Waals surface area contributed by atoms with Gasteiger partial charge in [0.1, 0.15) is 5.82 Å². The van der Waals surface area contributed by atoms with Crippen LogP contribution in [0, 0.1) is 5.41 Å². The Hall–Kier alpha value is -1.13. The Morgan fingerprint density at radius 1 is 1.26 bits per heavy atom. The van der Waals surface area contributed by atoms with Gasteiger partial charge in [0.15, 0.2) is 0 Å². The smallest absolute Gasteiger partial charge is 0.128 e. The molecule has 1 aliphatic heterocycles. The summed E-state index contributed by atoms with van der Waals surface area (Å²) in [6.45, 7) is 10.7. The second-order valence-electron chi connectivity index (χ2n) is 5.82. The monoisotopic (exact) mass is 262 g/mol. The van der Waals surface area contributed by atoms with Crippen molar-refractivity contribution in [3.05, 3.63) is 24.4 Å². The van der Waals surface area contributed by atoms with Crippen molar-refractivity contribution in [2.24, 2.45) is 11.1 Å². The summed E-state index contributed by atoms with van der Waals surface area (Å²) in [5.41, 5.74) is 6.16. The van der Waals surface area contributed by atoms with Gasteiger partial charge in [0.25, 0.3) is 0 Å². The molecule has 0 aromatic carbocycles. The lowest BCUT2D eigenvalue weighted by atomic mass is 9.87. The van der Waals surface area contributed by atoms with Gasteiger partial charge in [0, 0.05) is 38.9 Å². The van der Waals surface area contributed by atoms with Crippen LogP contribution >= 0.6 is 0 Å². The first-order valence-corrected chi connectivity index (χ1v) is 7.25. The predicted molar refractivity (Wildman–Crippen MR) is 80.3 cm³/mol. The Labute approximate surface area is 116 Å². The molecule has 1 saturated heterocycles. The first kappa shape index (κ1) is 14.3. The molecule has 0 spiro atoms. The molecule has 1 fully saturated rings. The number of nitrogens with two attached hydrogens (primary N) is 1. The Balaban J connectivity index is 1.86. The SMILES string of the molecule is CCC(C)(CN)CN1CCN(c2ccccn2)CC1.